The molecule has 0 spiro atoms. The molecule has 1 aliphatic carbocycles. The van der Waals surface area contributed by atoms with Gasteiger partial charge in [-0.2, -0.15) is 0 Å². The molecule has 5 nitrogen and oxygen atoms in total. The van der Waals surface area contributed by atoms with Crippen molar-refractivity contribution in [3.8, 4) is 5.75 Å². The second kappa shape index (κ2) is 7.45. The number of hydrogen-bond acceptors (Lipinski definition) is 4. The molecule has 2 aliphatic rings. The second-order valence-electron chi connectivity index (χ2n) is 8.78. The summed E-state index contributed by atoms with van der Waals surface area (Å²) in [7, 11) is 0. The molecule has 2 amide bonds. The van der Waals surface area contributed by atoms with Crippen molar-refractivity contribution in [3.63, 3.8) is 0 Å². The Hall–Kier alpha value is -2.17. The number of fused-ring (bicyclic) bond motifs is 1. The molecule has 1 saturated carbocycles. The summed E-state index contributed by atoms with van der Waals surface area (Å²) >= 11 is 0. The number of aryl methyl sites for hydroxylation is 1. The third kappa shape index (κ3) is 4.07. The second-order valence-corrected chi connectivity index (χ2v) is 8.78. The van der Waals surface area contributed by atoms with E-state index in [1.54, 1.807) is 0 Å². The van der Waals surface area contributed by atoms with Crippen LogP contribution in [0.1, 0.15) is 64.0 Å². The van der Waals surface area contributed by atoms with E-state index in [0.717, 1.165) is 31.2 Å². The monoisotopic (exact) mass is 371 g/mol. The lowest BCUT2D eigenvalue weighted by molar-refractivity contribution is -0.141. The van der Waals surface area contributed by atoms with Crippen molar-refractivity contribution in [2.75, 3.05) is 6.54 Å². The number of carbonyl (C=O) groups excluding carboxylic acids is 3. The van der Waals surface area contributed by atoms with Crippen LogP contribution in [0.5, 0.6) is 5.75 Å². The van der Waals surface area contributed by atoms with Gasteiger partial charge in [-0.1, -0.05) is 45.7 Å². The smallest absolute Gasteiger partial charge is 0.313 e. The van der Waals surface area contributed by atoms with Crippen molar-refractivity contribution < 1.29 is 19.1 Å². The number of esters is 1. The highest BCUT2D eigenvalue weighted by Gasteiger charge is 2.47. The highest BCUT2D eigenvalue weighted by Crippen LogP contribution is 2.38. The van der Waals surface area contributed by atoms with E-state index in [1.165, 1.54) is 10.5 Å². The van der Waals surface area contributed by atoms with Crippen molar-refractivity contribution in [1.29, 1.82) is 0 Å². The Morgan fingerprint density at radius 2 is 1.70 bits per heavy atom. The van der Waals surface area contributed by atoms with Crippen LogP contribution in [-0.2, 0) is 19.8 Å². The predicted octanol–water partition coefficient (Wildman–Crippen LogP) is 3.76. The summed E-state index contributed by atoms with van der Waals surface area (Å²) < 4.78 is 5.47. The minimum atomic E-state index is -0.419. The van der Waals surface area contributed by atoms with E-state index in [4.69, 9.17) is 4.74 Å². The molecule has 1 saturated heterocycles. The number of hydrogen-bond donors (Lipinski definition) is 0. The maximum absolute atomic E-state index is 12.5. The lowest BCUT2D eigenvalue weighted by atomic mass is 9.81. The number of nitrogens with zero attached hydrogens (tertiary/aromatic N) is 1. The number of amides is 2. The average molecular weight is 371 g/mol. The maximum Gasteiger partial charge on any atom is 0.313 e. The van der Waals surface area contributed by atoms with Crippen LogP contribution in [0.3, 0.4) is 0 Å². The van der Waals surface area contributed by atoms with Crippen molar-refractivity contribution >= 4 is 17.8 Å². The van der Waals surface area contributed by atoms with Crippen LogP contribution in [0.15, 0.2) is 18.2 Å². The van der Waals surface area contributed by atoms with E-state index in [1.807, 2.05) is 25.1 Å². The van der Waals surface area contributed by atoms with Crippen LogP contribution >= 0.6 is 0 Å². The van der Waals surface area contributed by atoms with Gasteiger partial charge in [0.15, 0.2) is 0 Å². The van der Waals surface area contributed by atoms with Gasteiger partial charge in [-0.05, 0) is 42.4 Å². The van der Waals surface area contributed by atoms with Crippen molar-refractivity contribution in [2.24, 2.45) is 11.8 Å². The van der Waals surface area contributed by atoms with Gasteiger partial charge >= 0.3 is 5.97 Å². The van der Waals surface area contributed by atoms with Crippen LogP contribution in [0.4, 0.5) is 0 Å². The first-order valence-corrected chi connectivity index (χ1v) is 9.85. The summed E-state index contributed by atoms with van der Waals surface area (Å²) in [5.74, 6) is -0.451. The first kappa shape index (κ1) is 19.6. The van der Waals surface area contributed by atoms with Crippen LogP contribution in [0, 0.1) is 18.8 Å². The van der Waals surface area contributed by atoms with E-state index in [-0.39, 0.29) is 42.0 Å². The van der Waals surface area contributed by atoms with E-state index in [9.17, 15) is 14.4 Å². The van der Waals surface area contributed by atoms with Crippen LogP contribution in [0.25, 0.3) is 0 Å². The van der Waals surface area contributed by atoms with Gasteiger partial charge in [-0.25, -0.2) is 0 Å². The lowest BCUT2D eigenvalue weighted by Gasteiger charge is -2.20. The molecule has 2 unspecified atom stereocenters. The standard InChI is InChI=1S/C22H29NO4/c1-14-13-15(22(2,3)4)9-10-18(14)27-19(24)11-12-23-20(25)16-7-5-6-8-17(16)21(23)26/h9-10,13,16-17H,5-8,11-12H2,1-4H3. The number of ether oxygens (including phenoxy) is 1. The van der Waals surface area contributed by atoms with Gasteiger partial charge in [-0.3, -0.25) is 19.3 Å². The van der Waals surface area contributed by atoms with Gasteiger partial charge in [0.2, 0.25) is 11.8 Å². The lowest BCUT2D eigenvalue weighted by Crippen LogP contribution is -2.33. The molecule has 1 aromatic rings. The molecule has 3 rings (SSSR count). The fourth-order valence-corrected chi connectivity index (χ4v) is 4.06. The molecule has 0 aromatic heterocycles. The summed E-state index contributed by atoms with van der Waals surface area (Å²) in [6.45, 7) is 8.43. The molecule has 1 aliphatic heterocycles. The Kier molecular flexibility index (Phi) is 5.41. The van der Waals surface area contributed by atoms with Gasteiger partial charge in [0, 0.05) is 6.54 Å². The van der Waals surface area contributed by atoms with Gasteiger partial charge < -0.3 is 4.74 Å². The van der Waals surface area contributed by atoms with Crippen LogP contribution < -0.4 is 4.74 Å². The summed E-state index contributed by atoms with van der Waals surface area (Å²) in [6.07, 6.45) is 3.60. The maximum atomic E-state index is 12.5. The molecule has 5 heteroatoms. The minimum absolute atomic E-state index is 0.0252. The first-order chi connectivity index (χ1) is 12.7. The average Bonchev–Trinajstić information content (AvgIpc) is 2.85. The number of carbonyl (C=O) groups is 3. The third-order valence-corrected chi connectivity index (χ3v) is 5.74. The van der Waals surface area contributed by atoms with Gasteiger partial charge in [0.1, 0.15) is 5.75 Å². The van der Waals surface area contributed by atoms with Gasteiger partial charge in [0.05, 0.1) is 18.3 Å². The fraction of sp³-hybridized carbons (Fsp3) is 0.591. The SMILES string of the molecule is Cc1cc(C(C)(C)C)ccc1OC(=O)CCN1C(=O)C2CCCCC2C1=O. The predicted molar refractivity (Wildman–Crippen MR) is 102 cm³/mol. The minimum Gasteiger partial charge on any atom is -0.426 e. The third-order valence-electron chi connectivity index (χ3n) is 5.74. The van der Waals surface area contributed by atoms with E-state index >= 15 is 0 Å². The zero-order valence-electron chi connectivity index (χ0n) is 16.7. The largest absolute Gasteiger partial charge is 0.426 e. The van der Waals surface area contributed by atoms with Crippen LogP contribution in [-0.4, -0.2) is 29.2 Å². The zero-order chi connectivity index (χ0) is 19.8. The Bertz CT molecular complexity index is 738. The Morgan fingerprint density at radius 1 is 1.11 bits per heavy atom. The van der Waals surface area contributed by atoms with E-state index in [0.29, 0.717) is 5.75 Å². The summed E-state index contributed by atoms with van der Waals surface area (Å²) in [5.41, 5.74) is 2.10. The zero-order valence-corrected chi connectivity index (χ0v) is 16.7. The van der Waals surface area contributed by atoms with Gasteiger partial charge in [0.25, 0.3) is 0 Å². The van der Waals surface area contributed by atoms with Crippen molar-refractivity contribution in [3.05, 3.63) is 29.3 Å². The topological polar surface area (TPSA) is 63.7 Å². The number of rotatable bonds is 4. The fourth-order valence-electron chi connectivity index (χ4n) is 4.06. The molecule has 0 radical (unpaired) electrons. The number of benzene rings is 1. The van der Waals surface area contributed by atoms with E-state index < -0.39 is 5.97 Å². The molecule has 146 valence electrons. The van der Waals surface area contributed by atoms with Gasteiger partial charge in [-0.15, -0.1) is 0 Å². The summed E-state index contributed by atoms with van der Waals surface area (Å²) in [4.78, 5) is 38.5. The molecular weight excluding hydrogens is 342 g/mol. The van der Waals surface area contributed by atoms with Crippen molar-refractivity contribution in [1.82, 2.24) is 4.90 Å². The molecule has 0 bridgehead atoms. The normalized spacial score (nSPS) is 22.7. The van der Waals surface area contributed by atoms with E-state index in [2.05, 4.69) is 20.8 Å². The molecule has 2 atom stereocenters. The summed E-state index contributed by atoms with van der Waals surface area (Å²) in [5, 5.41) is 0. The highest BCUT2D eigenvalue weighted by molar-refractivity contribution is 6.05. The van der Waals surface area contributed by atoms with Crippen LogP contribution in [0.2, 0.25) is 0 Å². The number of likely N-dealkylation sites (tertiary alicyclic amines) is 1. The molecule has 2 fully saturated rings. The Labute approximate surface area is 161 Å². The van der Waals surface area contributed by atoms with Crippen molar-refractivity contribution in [2.45, 2.75) is 65.2 Å². The molecule has 0 N–H and O–H groups in total. The number of imide groups is 1. The first-order valence-electron chi connectivity index (χ1n) is 9.85. The Balaban J connectivity index is 1.59. The molecule has 1 aromatic carbocycles. The molecule has 1 heterocycles. The quantitative estimate of drug-likeness (QED) is 0.459. The molecule has 27 heavy (non-hydrogen) atoms. The summed E-state index contributed by atoms with van der Waals surface area (Å²) in [6, 6.07) is 5.81. The Morgan fingerprint density at radius 3 is 2.22 bits per heavy atom. The molecular formula is C22H29NO4. The highest BCUT2D eigenvalue weighted by atomic mass is 16.5.